The van der Waals surface area contributed by atoms with E-state index in [1.165, 1.54) is 30.4 Å². The third-order valence-electron chi connectivity index (χ3n) is 2.73. The largest absolute Gasteiger partial charge is 0.0985 e. The zero-order chi connectivity index (χ0) is 10.4. The van der Waals surface area contributed by atoms with E-state index in [0.29, 0.717) is 5.92 Å². The van der Waals surface area contributed by atoms with Gasteiger partial charge in [0.2, 0.25) is 0 Å². The van der Waals surface area contributed by atoms with Crippen LogP contribution in [-0.4, -0.2) is 0 Å². The average Bonchev–Trinajstić information content (AvgIpc) is 2.26. The molecule has 0 aliphatic carbocycles. The summed E-state index contributed by atoms with van der Waals surface area (Å²) in [5.74, 6) is 0.689. The van der Waals surface area contributed by atoms with Crippen LogP contribution in [0.5, 0.6) is 0 Å². The van der Waals surface area contributed by atoms with E-state index in [9.17, 15) is 0 Å². The molecule has 0 nitrogen and oxygen atoms in total. The van der Waals surface area contributed by atoms with Crippen molar-refractivity contribution in [2.45, 2.75) is 39.0 Å². The molecule has 1 unspecified atom stereocenters. The van der Waals surface area contributed by atoms with Crippen molar-refractivity contribution in [2.24, 2.45) is 0 Å². The van der Waals surface area contributed by atoms with Crippen LogP contribution in [0.3, 0.4) is 0 Å². The Morgan fingerprint density at radius 1 is 1.29 bits per heavy atom. The summed E-state index contributed by atoms with van der Waals surface area (Å²) in [6.07, 6.45) is 5.80. The van der Waals surface area contributed by atoms with Crippen LogP contribution in [0, 0.1) is 0 Å². The first-order valence-corrected chi connectivity index (χ1v) is 5.50. The number of hydrogen-bond acceptors (Lipinski definition) is 0. The van der Waals surface area contributed by atoms with Crippen molar-refractivity contribution in [2.75, 3.05) is 0 Å². The molecule has 14 heavy (non-hydrogen) atoms. The summed E-state index contributed by atoms with van der Waals surface area (Å²) in [7, 11) is 0. The monoisotopic (exact) mass is 188 g/mol. The van der Waals surface area contributed by atoms with Gasteiger partial charge in [-0.15, -0.1) is 0 Å². The summed E-state index contributed by atoms with van der Waals surface area (Å²) in [4.78, 5) is 0. The lowest BCUT2D eigenvalue weighted by Crippen LogP contribution is -1.93. The normalized spacial score (nSPS) is 12.4. The average molecular weight is 188 g/mol. The van der Waals surface area contributed by atoms with Crippen molar-refractivity contribution < 1.29 is 0 Å². The predicted octanol–water partition coefficient (Wildman–Crippen LogP) is 4.62. The summed E-state index contributed by atoms with van der Waals surface area (Å²) in [6.45, 7) is 8.30. The van der Waals surface area contributed by atoms with Crippen molar-refractivity contribution in [3.05, 3.63) is 42.0 Å². The molecule has 1 rings (SSSR count). The Kier molecular flexibility index (Phi) is 4.45. The Hall–Kier alpha value is -1.04. The van der Waals surface area contributed by atoms with Gasteiger partial charge >= 0.3 is 0 Å². The standard InChI is InChI=1S/C14H20/c1-4-6-7-12(3)14-10-8-13(5-2)9-11-14/h5,8-12H,2,4,6-7H2,1,3H3. The highest BCUT2D eigenvalue weighted by molar-refractivity contribution is 5.47. The molecule has 0 saturated carbocycles. The van der Waals surface area contributed by atoms with E-state index in [1.54, 1.807) is 0 Å². The third kappa shape index (κ3) is 3.02. The molecule has 0 bridgehead atoms. The Morgan fingerprint density at radius 3 is 2.43 bits per heavy atom. The van der Waals surface area contributed by atoms with Crippen LogP contribution in [0.15, 0.2) is 30.8 Å². The fraction of sp³-hybridized carbons (Fsp3) is 0.429. The fourth-order valence-corrected chi connectivity index (χ4v) is 1.64. The van der Waals surface area contributed by atoms with Crippen LogP contribution in [0.1, 0.15) is 50.2 Å². The van der Waals surface area contributed by atoms with Gasteiger partial charge in [0.1, 0.15) is 0 Å². The molecular formula is C14H20. The second-order valence-corrected chi connectivity index (χ2v) is 3.91. The van der Waals surface area contributed by atoms with Crippen LogP contribution in [0.25, 0.3) is 6.08 Å². The van der Waals surface area contributed by atoms with Gasteiger partial charge in [0.05, 0.1) is 0 Å². The lowest BCUT2D eigenvalue weighted by molar-refractivity contribution is 0.624. The molecule has 0 N–H and O–H groups in total. The summed E-state index contributed by atoms with van der Waals surface area (Å²) in [6, 6.07) is 8.73. The second-order valence-electron chi connectivity index (χ2n) is 3.91. The molecule has 0 spiro atoms. The maximum atomic E-state index is 3.76. The highest BCUT2D eigenvalue weighted by Crippen LogP contribution is 2.21. The molecule has 0 heterocycles. The van der Waals surface area contributed by atoms with Gasteiger partial charge in [-0.3, -0.25) is 0 Å². The van der Waals surface area contributed by atoms with Gasteiger partial charge in [-0.25, -0.2) is 0 Å². The van der Waals surface area contributed by atoms with Crippen molar-refractivity contribution in [3.8, 4) is 0 Å². The minimum Gasteiger partial charge on any atom is -0.0985 e. The van der Waals surface area contributed by atoms with E-state index in [2.05, 4.69) is 44.7 Å². The summed E-state index contributed by atoms with van der Waals surface area (Å²) in [5, 5.41) is 0. The Morgan fingerprint density at radius 2 is 1.93 bits per heavy atom. The SMILES string of the molecule is C=Cc1ccc(C(C)CCCC)cc1. The highest BCUT2D eigenvalue weighted by atomic mass is 14.1. The van der Waals surface area contributed by atoms with Crippen molar-refractivity contribution in [3.63, 3.8) is 0 Å². The molecule has 76 valence electrons. The lowest BCUT2D eigenvalue weighted by atomic mass is 9.95. The molecule has 1 aromatic carbocycles. The van der Waals surface area contributed by atoms with E-state index in [4.69, 9.17) is 0 Å². The Balaban J connectivity index is 2.61. The van der Waals surface area contributed by atoms with E-state index in [1.807, 2.05) is 6.08 Å². The molecule has 0 saturated heterocycles. The highest BCUT2D eigenvalue weighted by Gasteiger charge is 2.03. The van der Waals surface area contributed by atoms with Gasteiger partial charge in [-0.2, -0.15) is 0 Å². The number of rotatable bonds is 5. The molecule has 1 atom stereocenters. The van der Waals surface area contributed by atoms with Crippen LogP contribution >= 0.6 is 0 Å². The molecule has 0 aliphatic heterocycles. The van der Waals surface area contributed by atoms with Crippen molar-refractivity contribution in [1.29, 1.82) is 0 Å². The predicted molar refractivity (Wildman–Crippen MR) is 64.5 cm³/mol. The second kappa shape index (κ2) is 5.64. The van der Waals surface area contributed by atoms with Crippen LogP contribution in [0.2, 0.25) is 0 Å². The van der Waals surface area contributed by atoms with Crippen molar-refractivity contribution >= 4 is 6.08 Å². The van der Waals surface area contributed by atoms with Gasteiger partial charge in [0, 0.05) is 0 Å². The van der Waals surface area contributed by atoms with Gasteiger partial charge in [0.15, 0.2) is 0 Å². The fourth-order valence-electron chi connectivity index (χ4n) is 1.64. The number of hydrogen-bond donors (Lipinski definition) is 0. The summed E-state index contributed by atoms with van der Waals surface area (Å²) >= 11 is 0. The summed E-state index contributed by atoms with van der Waals surface area (Å²) < 4.78 is 0. The van der Waals surface area contributed by atoms with Crippen molar-refractivity contribution in [1.82, 2.24) is 0 Å². The quantitative estimate of drug-likeness (QED) is 0.632. The maximum absolute atomic E-state index is 3.76. The maximum Gasteiger partial charge on any atom is -0.0190 e. The van der Waals surface area contributed by atoms with Gasteiger partial charge in [0.25, 0.3) is 0 Å². The van der Waals surface area contributed by atoms with Crippen LogP contribution in [0.4, 0.5) is 0 Å². The van der Waals surface area contributed by atoms with Gasteiger partial charge in [-0.05, 0) is 23.5 Å². The van der Waals surface area contributed by atoms with E-state index >= 15 is 0 Å². The molecule has 0 aliphatic rings. The summed E-state index contributed by atoms with van der Waals surface area (Å²) in [5.41, 5.74) is 2.65. The topological polar surface area (TPSA) is 0 Å². The van der Waals surface area contributed by atoms with Crippen LogP contribution in [-0.2, 0) is 0 Å². The zero-order valence-electron chi connectivity index (χ0n) is 9.29. The minimum atomic E-state index is 0.689. The first-order chi connectivity index (χ1) is 6.77. The molecule has 0 heteroatoms. The molecule has 0 fully saturated rings. The first kappa shape index (κ1) is 11.0. The molecule has 0 aromatic heterocycles. The molecule has 1 aromatic rings. The zero-order valence-corrected chi connectivity index (χ0v) is 9.29. The van der Waals surface area contributed by atoms with E-state index < -0.39 is 0 Å². The molecular weight excluding hydrogens is 168 g/mol. The Bertz CT molecular complexity index is 269. The minimum absolute atomic E-state index is 0.689. The van der Waals surface area contributed by atoms with Crippen LogP contribution < -0.4 is 0 Å². The molecule has 0 amide bonds. The number of unbranched alkanes of at least 4 members (excludes halogenated alkanes) is 1. The van der Waals surface area contributed by atoms with Gasteiger partial charge in [-0.1, -0.05) is 63.6 Å². The first-order valence-electron chi connectivity index (χ1n) is 5.50. The van der Waals surface area contributed by atoms with Gasteiger partial charge < -0.3 is 0 Å². The number of benzene rings is 1. The lowest BCUT2D eigenvalue weighted by Gasteiger charge is -2.11. The van der Waals surface area contributed by atoms with E-state index in [0.717, 1.165) is 0 Å². The smallest absolute Gasteiger partial charge is 0.0190 e. The Labute approximate surface area is 87.7 Å². The van der Waals surface area contributed by atoms with E-state index in [-0.39, 0.29) is 0 Å². The third-order valence-corrected chi connectivity index (χ3v) is 2.73. The molecule has 0 radical (unpaired) electrons.